The van der Waals surface area contributed by atoms with Gasteiger partial charge in [-0.05, 0) is 31.0 Å². The largest absolute Gasteiger partial charge is 0.383 e. The standard InChI is InChI=1S/C16H19Cl2N3/c1-21-15(19)14(12-9-11(17)7-8-13(12)18)20-16(21)10-5-3-2-4-6-10/h7-10H,2-6,19H2,1H3. The summed E-state index contributed by atoms with van der Waals surface area (Å²) in [6.45, 7) is 0. The highest BCUT2D eigenvalue weighted by Crippen LogP contribution is 2.38. The van der Waals surface area contributed by atoms with E-state index in [9.17, 15) is 0 Å². The first-order valence-electron chi connectivity index (χ1n) is 7.35. The third kappa shape index (κ3) is 2.77. The molecule has 1 aromatic heterocycles. The first-order valence-corrected chi connectivity index (χ1v) is 8.11. The summed E-state index contributed by atoms with van der Waals surface area (Å²) in [7, 11) is 1.98. The zero-order valence-electron chi connectivity index (χ0n) is 12.1. The van der Waals surface area contributed by atoms with Gasteiger partial charge in [0.1, 0.15) is 17.3 Å². The highest BCUT2D eigenvalue weighted by molar-refractivity contribution is 6.35. The summed E-state index contributed by atoms with van der Waals surface area (Å²) >= 11 is 12.4. The molecule has 0 saturated heterocycles. The lowest BCUT2D eigenvalue weighted by molar-refractivity contribution is 0.422. The van der Waals surface area contributed by atoms with Crippen LogP contribution in [0.1, 0.15) is 43.8 Å². The van der Waals surface area contributed by atoms with Gasteiger partial charge in [-0.3, -0.25) is 0 Å². The third-order valence-corrected chi connectivity index (χ3v) is 4.89. The second-order valence-electron chi connectivity index (χ2n) is 5.72. The van der Waals surface area contributed by atoms with Crippen molar-refractivity contribution in [3.8, 4) is 11.3 Å². The van der Waals surface area contributed by atoms with Gasteiger partial charge >= 0.3 is 0 Å². The van der Waals surface area contributed by atoms with Crippen LogP contribution in [-0.2, 0) is 7.05 Å². The molecule has 0 unspecified atom stereocenters. The number of anilines is 1. The molecule has 0 radical (unpaired) electrons. The quantitative estimate of drug-likeness (QED) is 0.842. The zero-order valence-corrected chi connectivity index (χ0v) is 13.6. The van der Waals surface area contributed by atoms with Crippen molar-refractivity contribution in [1.29, 1.82) is 0 Å². The lowest BCUT2D eigenvalue weighted by Crippen LogP contribution is -2.11. The van der Waals surface area contributed by atoms with Crippen molar-refractivity contribution in [2.45, 2.75) is 38.0 Å². The van der Waals surface area contributed by atoms with Gasteiger partial charge in [0.15, 0.2) is 0 Å². The summed E-state index contributed by atoms with van der Waals surface area (Å²) in [4.78, 5) is 4.80. The SMILES string of the molecule is Cn1c(C2CCCCC2)nc(-c2cc(Cl)ccc2Cl)c1N. The molecule has 0 aliphatic heterocycles. The molecule has 3 rings (SSSR count). The molecule has 2 N–H and O–H groups in total. The van der Waals surface area contributed by atoms with Crippen LogP contribution in [0.4, 0.5) is 5.82 Å². The Kier molecular flexibility index (Phi) is 4.14. The molecule has 3 nitrogen and oxygen atoms in total. The van der Waals surface area contributed by atoms with Gasteiger partial charge in [-0.1, -0.05) is 42.5 Å². The van der Waals surface area contributed by atoms with Gasteiger partial charge in [0.05, 0.1) is 5.02 Å². The fourth-order valence-electron chi connectivity index (χ4n) is 3.13. The number of hydrogen-bond acceptors (Lipinski definition) is 2. The van der Waals surface area contributed by atoms with E-state index in [-0.39, 0.29) is 0 Å². The molecule has 2 aromatic rings. The zero-order chi connectivity index (χ0) is 15.0. The Morgan fingerprint density at radius 2 is 1.90 bits per heavy atom. The molecule has 1 saturated carbocycles. The molecule has 21 heavy (non-hydrogen) atoms. The monoisotopic (exact) mass is 323 g/mol. The van der Waals surface area contributed by atoms with Crippen LogP contribution >= 0.6 is 23.2 Å². The van der Waals surface area contributed by atoms with E-state index >= 15 is 0 Å². The molecule has 5 heteroatoms. The van der Waals surface area contributed by atoms with E-state index in [1.807, 2.05) is 17.7 Å². The minimum Gasteiger partial charge on any atom is -0.383 e. The summed E-state index contributed by atoms with van der Waals surface area (Å²) in [5.74, 6) is 2.22. The second-order valence-corrected chi connectivity index (χ2v) is 6.57. The van der Waals surface area contributed by atoms with Crippen molar-refractivity contribution >= 4 is 29.0 Å². The molecule has 1 aromatic carbocycles. The summed E-state index contributed by atoms with van der Waals surface area (Å²) in [5.41, 5.74) is 7.81. The molecule has 0 spiro atoms. The Hall–Kier alpha value is -1.19. The molecule has 1 aliphatic rings. The first kappa shape index (κ1) is 14.7. The summed E-state index contributed by atoms with van der Waals surface area (Å²) in [5, 5.41) is 1.26. The number of benzene rings is 1. The van der Waals surface area contributed by atoms with Crippen LogP contribution in [0, 0.1) is 0 Å². The number of imidazole rings is 1. The number of aromatic nitrogens is 2. The fourth-order valence-corrected chi connectivity index (χ4v) is 3.51. The Morgan fingerprint density at radius 3 is 2.62 bits per heavy atom. The van der Waals surface area contributed by atoms with Gasteiger partial charge in [-0.15, -0.1) is 0 Å². The topological polar surface area (TPSA) is 43.8 Å². The Morgan fingerprint density at radius 1 is 1.19 bits per heavy atom. The van der Waals surface area contributed by atoms with E-state index in [0.717, 1.165) is 17.1 Å². The van der Waals surface area contributed by atoms with Crippen LogP contribution in [0.5, 0.6) is 0 Å². The van der Waals surface area contributed by atoms with E-state index < -0.39 is 0 Å². The number of nitrogens with zero attached hydrogens (tertiary/aromatic N) is 2. The number of halogens is 2. The van der Waals surface area contributed by atoms with E-state index in [1.54, 1.807) is 12.1 Å². The molecule has 0 bridgehead atoms. The van der Waals surface area contributed by atoms with E-state index in [2.05, 4.69) is 0 Å². The molecule has 1 heterocycles. The molecular weight excluding hydrogens is 305 g/mol. The van der Waals surface area contributed by atoms with Gasteiger partial charge < -0.3 is 10.3 Å². The van der Waals surface area contributed by atoms with Gasteiger partial charge in [-0.2, -0.15) is 0 Å². The summed E-state index contributed by atoms with van der Waals surface area (Å²) in [6.07, 6.45) is 6.23. The van der Waals surface area contributed by atoms with Crippen molar-refractivity contribution in [3.63, 3.8) is 0 Å². The average Bonchev–Trinajstić information content (AvgIpc) is 2.79. The van der Waals surface area contributed by atoms with Crippen molar-refractivity contribution in [3.05, 3.63) is 34.1 Å². The number of nitrogens with two attached hydrogens (primary N) is 1. The summed E-state index contributed by atoms with van der Waals surface area (Å²) < 4.78 is 2.00. The second kappa shape index (κ2) is 5.90. The minimum atomic E-state index is 0.498. The normalized spacial score (nSPS) is 16.3. The Balaban J connectivity index is 2.05. The highest BCUT2D eigenvalue weighted by atomic mass is 35.5. The van der Waals surface area contributed by atoms with Gasteiger partial charge in [-0.25, -0.2) is 4.98 Å². The van der Waals surface area contributed by atoms with Crippen LogP contribution in [0.2, 0.25) is 10.0 Å². The van der Waals surface area contributed by atoms with Crippen LogP contribution in [0.25, 0.3) is 11.3 Å². The third-order valence-electron chi connectivity index (χ3n) is 4.33. The molecule has 0 amide bonds. The van der Waals surface area contributed by atoms with Crippen LogP contribution in [-0.4, -0.2) is 9.55 Å². The van der Waals surface area contributed by atoms with Crippen molar-refractivity contribution in [2.75, 3.05) is 5.73 Å². The van der Waals surface area contributed by atoms with Gasteiger partial charge in [0.2, 0.25) is 0 Å². The molecule has 112 valence electrons. The maximum Gasteiger partial charge on any atom is 0.131 e. The number of hydrogen-bond donors (Lipinski definition) is 1. The number of nitrogen functional groups attached to an aromatic ring is 1. The first-order chi connectivity index (χ1) is 10.1. The maximum absolute atomic E-state index is 6.29. The van der Waals surface area contributed by atoms with Crippen LogP contribution in [0.3, 0.4) is 0 Å². The summed E-state index contributed by atoms with van der Waals surface area (Å²) in [6, 6.07) is 5.38. The van der Waals surface area contributed by atoms with E-state index in [4.69, 9.17) is 33.9 Å². The van der Waals surface area contributed by atoms with Crippen molar-refractivity contribution < 1.29 is 0 Å². The van der Waals surface area contributed by atoms with Crippen molar-refractivity contribution in [2.24, 2.45) is 7.05 Å². The minimum absolute atomic E-state index is 0.498. The van der Waals surface area contributed by atoms with E-state index in [1.165, 1.54) is 32.1 Å². The Bertz CT molecular complexity index is 658. The molecule has 1 aliphatic carbocycles. The predicted molar refractivity (Wildman–Crippen MR) is 88.9 cm³/mol. The predicted octanol–water partition coefficient (Wildman–Crippen LogP) is 5.02. The van der Waals surface area contributed by atoms with Crippen LogP contribution < -0.4 is 5.73 Å². The van der Waals surface area contributed by atoms with E-state index in [0.29, 0.717) is 21.8 Å². The average molecular weight is 324 g/mol. The van der Waals surface area contributed by atoms with Gasteiger partial charge in [0, 0.05) is 23.6 Å². The lowest BCUT2D eigenvalue weighted by Gasteiger charge is -2.21. The smallest absolute Gasteiger partial charge is 0.131 e. The lowest BCUT2D eigenvalue weighted by atomic mass is 9.89. The maximum atomic E-state index is 6.29. The molecule has 1 fully saturated rings. The molecule has 0 atom stereocenters. The molecular formula is C16H19Cl2N3. The highest BCUT2D eigenvalue weighted by Gasteiger charge is 2.24. The van der Waals surface area contributed by atoms with Crippen LogP contribution in [0.15, 0.2) is 18.2 Å². The Labute approximate surface area is 135 Å². The van der Waals surface area contributed by atoms with Crippen molar-refractivity contribution in [1.82, 2.24) is 9.55 Å². The van der Waals surface area contributed by atoms with Gasteiger partial charge in [0.25, 0.3) is 0 Å². The number of rotatable bonds is 2. The fraction of sp³-hybridized carbons (Fsp3) is 0.438.